The molecule has 0 bridgehead atoms. The average Bonchev–Trinajstić information content (AvgIpc) is 3.18. The monoisotopic (exact) mass is 474 g/mol. The Morgan fingerprint density at radius 3 is 2.74 bits per heavy atom. The number of anilines is 2. The van der Waals surface area contributed by atoms with E-state index in [0.717, 1.165) is 48.6 Å². The van der Waals surface area contributed by atoms with E-state index in [2.05, 4.69) is 66.9 Å². The molecule has 5 rings (SSSR count). The summed E-state index contributed by atoms with van der Waals surface area (Å²) >= 11 is 0. The minimum Gasteiger partial charge on any atom is -0.326 e. The van der Waals surface area contributed by atoms with Crippen molar-refractivity contribution >= 4 is 22.8 Å². The van der Waals surface area contributed by atoms with Crippen LogP contribution >= 0.6 is 0 Å². The summed E-state index contributed by atoms with van der Waals surface area (Å²) in [6.07, 6.45) is 3.06. The molecule has 2 N–H and O–H groups in total. The molecule has 1 fully saturated rings. The molecule has 9 heteroatoms. The lowest BCUT2D eigenvalue weighted by Crippen LogP contribution is -2.49. The second-order valence-electron chi connectivity index (χ2n) is 9.42. The highest BCUT2D eigenvalue weighted by molar-refractivity contribution is 5.82. The summed E-state index contributed by atoms with van der Waals surface area (Å²) in [5.74, 6) is 1.36. The summed E-state index contributed by atoms with van der Waals surface area (Å²) in [5.41, 5.74) is 3.90. The molecule has 4 heterocycles. The quantitative estimate of drug-likeness (QED) is 0.427. The smallest absolute Gasteiger partial charge is 0.229 e. The third kappa shape index (κ3) is 4.87. The first-order valence-electron chi connectivity index (χ1n) is 12.1. The molecule has 0 spiro atoms. The van der Waals surface area contributed by atoms with Gasteiger partial charge in [-0.05, 0) is 51.5 Å². The lowest BCUT2D eigenvalue weighted by Gasteiger charge is -2.33. The summed E-state index contributed by atoms with van der Waals surface area (Å²) in [6.45, 7) is 12.3. The lowest BCUT2D eigenvalue weighted by atomic mass is 10.1. The Bertz CT molecular complexity index is 1330. The molecule has 182 valence electrons. The van der Waals surface area contributed by atoms with Crippen molar-refractivity contribution in [3.05, 3.63) is 59.9 Å². The van der Waals surface area contributed by atoms with Gasteiger partial charge in [-0.3, -0.25) is 4.90 Å². The summed E-state index contributed by atoms with van der Waals surface area (Å²) in [6, 6.07) is 10.4. The maximum Gasteiger partial charge on any atom is 0.229 e. The number of benzene rings is 1. The van der Waals surface area contributed by atoms with Gasteiger partial charge in [-0.2, -0.15) is 0 Å². The zero-order chi connectivity index (χ0) is 24.5. The van der Waals surface area contributed by atoms with E-state index >= 15 is 0 Å². The maximum absolute atomic E-state index is 14.8. The van der Waals surface area contributed by atoms with E-state index < -0.39 is 5.82 Å². The van der Waals surface area contributed by atoms with Gasteiger partial charge in [0.25, 0.3) is 0 Å². The van der Waals surface area contributed by atoms with Crippen LogP contribution in [0.15, 0.2) is 42.7 Å². The molecule has 3 aromatic heterocycles. The average molecular weight is 475 g/mol. The summed E-state index contributed by atoms with van der Waals surface area (Å²) in [7, 11) is 0. The van der Waals surface area contributed by atoms with Gasteiger partial charge >= 0.3 is 0 Å². The van der Waals surface area contributed by atoms with Crippen LogP contribution in [0.4, 0.5) is 16.2 Å². The number of halogens is 1. The number of nitrogens with zero attached hydrogens (tertiary/aromatic N) is 6. The molecule has 0 saturated carbocycles. The Morgan fingerprint density at radius 1 is 1.14 bits per heavy atom. The molecule has 8 nitrogen and oxygen atoms in total. The first-order chi connectivity index (χ1) is 16.9. The third-order valence-electron chi connectivity index (χ3n) is 6.49. The van der Waals surface area contributed by atoms with Gasteiger partial charge in [0.15, 0.2) is 5.82 Å². The number of pyridine rings is 1. The first kappa shape index (κ1) is 23.3. The number of aromatic nitrogens is 5. The van der Waals surface area contributed by atoms with Gasteiger partial charge in [-0.1, -0.05) is 12.1 Å². The number of imidazole rings is 1. The Labute approximate surface area is 204 Å². The Balaban J connectivity index is 1.36. The lowest BCUT2D eigenvalue weighted by molar-refractivity contribution is 0.165. The molecule has 0 aliphatic carbocycles. The molecule has 1 atom stereocenters. The highest BCUT2D eigenvalue weighted by Gasteiger charge is 2.18. The molecule has 0 amide bonds. The normalized spacial score (nSPS) is 16.8. The van der Waals surface area contributed by atoms with E-state index in [4.69, 9.17) is 0 Å². The van der Waals surface area contributed by atoms with Crippen molar-refractivity contribution < 1.29 is 4.39 Å². The number of hydrogen-bond donors (Lipinski definition) is 2. The predicted octanol–water partition coefficient (Wildman–Crippen LogP) is 4.45. The van der Waals surface area contributed by atoms with E-state index in [-0.39, 0.29) is 11.7 Å². The van der Waals surface area contributed by atoms with E-state index in [9.17, 15) is 4.39 Å². The van der Waals surface area contributed by atoms with E-state index in [1.807, 2.05) is 37.4 Å². The van der Waals surface area contributed by atoms with Crippen molar-refractivity contribution in [2.45, 2.75) is 46.3 Å². The molecule has 0 radical (unpaired) electrons. The van der Waals surface area contributed by atoms with Gasteiger partial charge in [0.2, 0.25) is 5.95 Å². The molecular weight excluding hydrogens is 443 g/mol. The highest BCUT2D eigenvalue weighted by atomic mass is 19.1. The van der Waals surface area contributed by atoms with Crippen LogP contribution in [0.5, 0.6) is 0 Å². The van der Waals surface area contributed by atoms with Crippen LogP contribution in [0, 0.1) is 12.7 Å². The number of fused-ring (bicyclic) bond motifs is 1. The summed E-state index contributed by atoms with van der Waals surface area (Å²) < 4.78 is 16.9. The van der Waals surface area contributed by atoms with Crippen LogP contribution in [0.1, 0.15) is 38.2 Å². The number of nitrogens with one attached hydrogen (secondary N) is 2. The molecule has 1 aliphatic rings. The summed E-state index contributed by atoms with van der Waals surface area (Å²) in [5, 5.41) is 6.52. The van der Waals surface area contributed by atoms with Crippen LogP contribution < -0.4 is 10.6 Å². The molecule has 1 saturated heterocycles. The van der Waals surface area contributed by atoms with Crippen LogP contribution in [0.25, 0.3) is 22.3 Å². The van der Waals surface area contributed by atoms with Gasteiger partial charge in [0.05, 0.1) is 17.2 Å². The fourth-order valence-corrected chi connectivity index (χ4v) is 4.70. The van der Waals surface area contributed by atoms with Crippen LogP contribution in [-0.4, -0.2) is 55.1 Å². The zero-order valence-electron chi connectivity index (χ0n) is 20.6. The number of rotatable bonds is 6. The molecule has 4 aromatic rings. The number of hydrogen-bond acceptors (Lipinski definition) is 7. The van der Waals surface area contributed by atoms with Gasteiger partial charge < -0.3 is 15.2 Å². The molecule has 35 heavy (non-hydrogen) atoms. The standard InChI is InChI=1S/C26H31FN8/c1-16(2)35-18(4)31-22-7-6-20(11-23(22)35)25-21(27)14-30-26(33-25)32-24-8-5-19(13-29-24)15-34-10-9-28-12-17(34)3/h5-8,11,13-14,16-17,28H,9-10,12,15H2,1-4H3,(H,29,30,32,33)/t17-/m0/s1. The van der Waals surface area contributed by atoms with Crippen molar-refractivity contribution in [1.82, 2.24) is 34.7 Å². The van der Waals surface area contributed by atoms with Crippen LogP contribution in [0.3, 0.4) is 0 Å². The van der Waals surface area contributed by atoms with Gasteiger partial charge in [-0.25, -0.2) is 24.3 Å². The molecule has 1 aromatic carbocycles. The Morgan fingerprint density at radius 2 is 2.00 bits per heavy atom. The Hall–Kier alpha value is -3.43. The van der Waals surface area contributed by atoms with Gasteiger partial charge in [0, 0.05) is 50.0 Å². The SMILES string of the molecule is Cc1nc2ccc(-c3nc(Nc4ccc(CN5CCNC[C@@H]5C)cn4)ncc3F)cc2n1C(C)C. The van der Waals surface area contributed by atoms with Crippen molar-refractivity contribution in [3.63, 3.8) is 0 Å². The largest absolute Gasteiger partial charge is 0.326 e. The number of aryl methyl sites for hydroxylation is 1. The molecule has 0 unspecified atom stereocenters. The first-order valence-corrected chi connectivity index (χ1v) is 12.1. The third-order valence-corrected chi connectivity index (χ3v) is 6.49. The minimum atomic E-state index is -0.476. The minimum absolute atomic E-state index is 0.239. The van der Waals surface area contributed by atoms with Gasteiger partial charge in [0.1, 0.15) is 17.3 Å². The van der Waals surface area contributed by atoms with E-state index in [1.54, 1.807) is 0 Å². The highest BCUT2D eigenvalue weighted by Crippen LogP contribution is 2.28. The predicted molar refractivity (Wildman–Crippen MR) is 136 cm³/mol. The number of piperazine rings is 1. The van der Waals surface area contributed by atoms with E-state index in [0.29, 0.717) is 23.4 Å². The zero-order valence-corrected chi connectivity index (χ0v) is 20.6. The van der Waals surface area contributed by atoms with Crippen molar-refractivity contribution in [2.75, 3.05) is 25.0 Å². The molecule has 1 aliphatic heterocycles. The molecular formula is C26H31FN8. The Kier molecular flexibility index (Phi) is 6.44. The fourth-order valence-electron chi connectivity index (χ4n) is 4.70. The fraction of sp³-hybridized carbons (Fsp3) is 0.385. The van der Waals surface area contributed by atoms with Crippen molar-refractivity contribution in [2.24, 2.45) is 0 Å². The van der Waals surface area contributed by atoms with Crippen LogP contribution in [0.2, 0.25) is 0 Å². The second kappa shape index (κ2) is 9.67. The van der Waals surface area contributed by atoms with Crippen molar-refractivity contribution in [1.29, 1.82) is 0 Å². The van der Waals surface area contributed by atoms with Crippen LogP contribution in [-0.2, 0) is 6.54 Å². The van der Waals surface area contributed by atoms with E-state index in [1.165, 1.54) is 6.20 Å². The summed E-state index contributed by atoms with van der Waals surface area (Å²) in [4.78, 5) is 20.2. The topological polar surface area (TPSA) is 83.8 Å². The second-order valence-corrected chi connectivity index (χ2v) is 9.42. The van der Waals surface area contributed by atoms with Crippen molar-refractivity contribution in [3.8, 4) is 11.3 Å². The maximum atomic E-state index is 14.8. The van der Waals surface area contributed by atoms with Gasteiger partial charge in [-0.15, -0.1) is 0 Å².